The molecule has 0 heterocycles. The van der Waals surface area contributed by atoms with Crippen LogP contribution in [0.3, 0.4) is 0 Å². The van der Waals surface area contributed by atoms with E-state index in [2.05, 4.69) is 4.99 Å². The van der Waals surface area contributed by atoms with E-state index in [0.717, 1.165) is 5.56 Å². The summed E-state index contributed by atoms with van der Waals surface area (Å²) in [5.74, 6) is -0.186. The van der Waals surface area contributed by atoms with Crippen LogP contribution >= 0.6 is 0 Å². The van der Waals surface area contributed by atoms with E-state index in [-0.39, 0.29) is 5.96 Å². The molecule has 0 aromatic heterocycles. The van der Waals surface area contributed by atoms with Crippen molar-refractivity contribution >= 4 is 17.4 Å². The minimum atomic E-state index is -0.186. The maximum absolute atomic E-state index is 6.98. The van der Waals surface area contributed by atoms with Crippen LogP contribution in [0, 0.1) is 5.41 Å². The second-order valence-corrected chi connectivity index (χ2v) is 2.70. The van der Waals surface area contributed by atoms with Crippen LogP contribution < -0.4 is 11.5 Å². The lowest BCUT2D eigenvalue weighted by Crippen LogP contribution is -2.09. The average molecular weight is 176 g/mol. The molecule has 1 aromatic rings. The van der Waals surface area contributed by atoms with Crippen LogP contribution in [-0.2, 0) is 0 Å². The molecule has 4 heteroatoms. The number of hydrogen-bond acceptors (Lipinski definition) is 2. The topological polar surface area (TPSA) is 88.2 Å². The van der Waals surface area contributed by atoms with Crippen molar-refractivity contribution in [1.82, 2.24) is 0 Å². The van der Waals surface area contributed by atoms with E-state index < -0.39 is 0 Å². The summed E-state index contributed by atoms with van der Waals surface area (Å²) in [7, 11) is 0. The number of guanidine groups is 1. The molecular weight excluding hydrogens is 164 g/mol. The molecule has 0 atom stereocenters. The van der Waals surface area contributed by atoms with Gasteiger partial charge in [-0.15, -0.1) is 0 Å². The quantitative estimate of drug-likeness (QED) is 0.338. The van der Waals surface area contributed by atoms with Gasteiger partial charge in [-0.1, -0.05) is 12.1 Å². The molecule has 0 unspecified atom stereocenters. The second kappa shape index (κ2) is 3.71. The molecule has 0 spiro atoms. The average Bonchev–Trinajstić information content (AvgIpc) is 2.04. The maximum Gasteiger partial charge on any atom is 0.212 e. The number of anilines is 1. The molecule has 5 N–H and O–H groups in total. The van der Waals surface area contributed by atoms with E-state index >= 15 is 0 Å². The summed E-state index contributed by atoms with van der Waals surface area (Å²) in [6.07, 6.45) is 0. The van der Waals surface area contributed by atoms with Crippen LogP contribution in [0.1, 0.15) is 12.5 Å². The maximum atomic E-state index is 6.98. The first-order chi connectivity index (χ1) is 6.09. The number of nitrogens with two attached hydrogens (primary N) is 2. The predicted molar refractivity (Wildman–Crippen MR) is 55.0 cm³/mol. The van der Waals surface area contributed by atoms with Crippen LogP contribution in [0.15, 0.2) is 29.3 Å². The van der Waals surface area contributed by atoms with Gasteiger partial charge >= 0.3 is 0 Å². The number of aliphatic imine (C=N–C) groups is 1. The summed E-state index contributed by atoms with van der Waals surface area (Å²) >= 11 is 0. The third kappa shape index (κ3) is 2.59. The SMILES string of the molecule is C/C(=N/C(=N)N)c1ccc(N)cc1. The number of benzene rings is 1. The molecule has 0 aliphatic rings. The van der Waals surface area contributed by atoms with Gasteiger partial charge in [0.1, 0.15) is 0 Å². The first-order valence-electron chi connectivity index (χ1n) is 3.85. The Labute approximate surface area is 76.8 Å². The number of nitrogen functional groups attached to an aromatic ring is 1. The van der Waals surface area contributed by atoms with Gasteiger partial charge < -0.3 is 11.5 Å². The molecule has 0 saturated carbocycles. The lowest BCUT2D eigenvalue weighted by molar-refractivity contribution is 1.37. The van der Waals surface area contributed by atoms with Crippen molar-refractivity contribution in [3.63, 3.8) is 0 Å². The zero-order valence-electron chi connectivity index (χ0n) is 7.41. The number of hydrogen-bond donors (Lipinski definition) is 3. The van der Waals surface area contributed by atoms with Gasteiger partial charge in [-0.3, -0.25) is 5.41 Å². The lowest BCUT2D eigenvalue weighted by Gasteiger charge is -2.00. The molecule has 0 fully saturated rings. The Bertz CT molecular complexity index is 337. The summed E-state index contributed by atoms with van der Waals surface area (Å²) in [5.41, 5.74) is 13.0. The smallest absolute Gasteiger partial charge is 0.212 e. The Morgan fingerprint density at radius 1 is 1.31 bits per heavy atom. The Balaban J connectivity index is 2.96. The summed E-state index contributed by atoms with van der Waals surface area (Å²) < 4.78 is 0. The fourth-order valence-electron chi connectivity index (χ4n) is 0.970. The normalized spacial score (nSPS) is 11.3. The second-order valence-electron chi connectivity index (χ2n) is 2.70. The molecule has 1 rings (SSSR count). The number of nitrogens with zero attached hydrogens (tertiary/aromatic N) is 1. The monoisotopic (exact) mass is 176 g/mol. The summed E-state index contributed by atoms with van der Waals surface area (Å²) in [5, 5.41) is 6.98. The molecule has 0 aliphatic carbocycles. The van der Waals surface area contributed by atoms with Gasteiger partial charge in [-0.05, 0) is 24.6 Å². The Kier molecular flexibility index (Phi) is 2.64. The highest BCUT2D eigenvalue weighted by molar-refractivity contribution is 6.04. The van der Waals surface area contributed by atoms with Crippen molar-refractivity contribution < 1.29 is 0 Å². The minimum absolute atomic E-state index is 0.186. The molecule has 13 heavy (non-hydrogen) atoms. The van der Waals surface area contributed by atoms with E-state index in [9.17, 15) is 0 Å². The summed E-state index contributed by atoms with van der Waals surface area (Å²) in [4.78, 5) is 3.81. The van der Waals surface area contributed by atoms with Crippen LogP contribution in [-0.4, -0.2) is 11.7 Å². The van der Waals surface area contributed by atoms with Gasteiger partial charge in [0.15, 0.2) is 0 Å². The van der Waals surface area contributed by atoms with Gasteiger partial charge in [0.05, 0.1) is 0 Å². The van der Waals surface area contributed by atoms with Crippen molar-refractivity contribution in [2.24, 2.45) is 10.7 Å². The zero-order valence-corrected chi connectivity index (χ0v) is 7.41. The van der Waals surface area contributed by atoms with Crippen molar-refractivity contribution in [3.05, 3.63) is 29.8 Å². The fraction of sp³-hybridized carbons (Fsp3) is 0.111. The van der Waals surface area contributed by atoms with E-state index in [1.807, 2.05) is 12.1 Å². The largest absolute Gasteiger partial charge is 0.399 e. The van der Waals surface area contributed by atoms with Gasteiger partial charge in [-0.2, -0.15) is 0 Å². The highest BCUT2D eigenvalue weighted by Gasteiger charge is 1.96. The highest BCUT2D eigenvalue weighted by Crippen LogP contribution is 2.06. The standard InChI is InChI=1S/C9H12N4/c1-6(13-9(11)12)7-2-4-8(10)5-3-7/h2-5H,10H2,1H3,(H3,11,12)/b13-6-. The lowest BCUT2D eigenvalue weighted by atomic mass is 10.1. The van der Waals surface area contributed by atoms with Crippen LogP contribution in [0.5, 0.6) is 0 Å². The summed E-state index contributed by atoms with van der Waals surface area (Å²) in [6.45, 7) is 1.80. The molecule has 0 aliphatic heterocycles. The molecule has 68 valence electrons. The predicted octanol–water partition coefficient (Wildman–Crippen LogP) is 0.971. The fourth-order valence-corrected chi connectivity index (χ4v) is 0.970. The minimum Gasteiger partial charge on any atom is -0.399 e. The molecule has 1 aromatic carbocycles. The molecule has 0 radical (unpaired) electrons. The van der Waals surface area contributed by atoms with Crippen LogP contribution in [0.2, 0.25) is 0 Å². The number of nitrogens with one attached hydrogen (secondary N) is 1. The third-order valence-corrected chi connectivity index (χ3v) is 1.62. The Morgan fingerprint density at radius 2 is 1.85 bits per heavy atom. The van der Waals surface area contributed by atoms with E-state index in [1.165, 1.54) is 0 Å². The van der Waals surface area contributed by atoms with Gasteiger partial charge in [0, 0.05) is 11.4 Å². The first kappa shape index (κ1) is 9.25. The van der Waals surface area contributed by atoms with Crippen molar-refractivity contribution in [3.8, 4) is 0 Å². The van der Waals surface area contributed by atoms with Crippen LogP contribution in [0.25, 0.3) is 0 Å². The van der Waals surface area contributed by atoms with Crippen molar-refractivity contribution in [2.45, 2.75) is 6.92 Å². The van der Waals surface area contributed by atoms with Crippen LogP contribution in [0.4, 0.5) is 5.69 Å². The zero-order chi connectivity index (χ0) is 9.84. The Hall–Kier alpha value is -1.84. The van der Waals surface area contributed by atoms with Gasteiger partial charge in [0.25, 0.3) is 0 Å². The molecule has 4 nitrogen and oxygen atoms in total. The van der Waals surface area contributed by atoms with Crippen molar-refractivity contribution in [2.75, 3.05) is 5.73 Å². The molecule has 0 bridgehead atoms. The van der Waals surface area contributed by atoms with Gasteiger partial charge in [0.2, 0.25) is 5.96 Å². The third-order valence-electron chi connectivity index (χ3n) is 1.62. The molecule has 0 amide bonds. The van der Waals surface area contributed by atoms with Gasteiger partial charge in [-0.25, -0.2) is 4.99 Å². The first-order valence-corrected chi connectivity index (χ1v) is 3.85. The van der Waals surface area contributed by atoms with E-state index in [1.54, 1.807) is 19.1 Å². The summed E-state index contributed by atoms with van der Waals surface area (Å²) in [6, 6.07) is 7.26. The highest BCUT2D eigenvalue weighted by atomic mass is 15.0. The van der Waals surface area contributed by atoms with E-state index in [4.69, 9.17) is 16.9 Å². The Morgan fingerprint density at radius 3 is 2.31 bits per heavy atom. The van der Waals surface area contributed by atoms with E-state index in [0.29, 0.717) is 11.4 Å². The number of rotatable bonds is 1. The van der Waals surface area contributed by atoms with Crippen molar-refractivity contribution in [1.29, 1.82) is 5.41 Å². The molecular formula is C9H12N4. The molecule has 0 saturated heterocycles.